The number of hydrogen-bond donors (Lipinski definition) is 0. The molecule has 1 saturated carbocycles. The molecule has 74 valence electrons. The van der Waals surface area contributed by atoms with Crippen molar-refractivity contribution in [2.24, 2.45) is 5.92 Å². The molecule has 1 aliphatic rings. The van der Waals surface area contributed by atoms with Crippen molar-refractivity contribution in [3.63, 3.8) is 0 Å². The first kappa shape index (κ1) is 9.45. The van der Waals surface area contributed by atoms with Crippen LogP contribution in [0.3, 0.4) is 0 Å². The minimum atomic E-state index is 0.167. The Kier molecular flexibility index (Phi) is 2.67. The summed E-state index contributed by atoms with van der Waals surface area (Å²) in [7, 11) is 0. The molecule has 1 aromatic carbocycles. The number of carbonyl (C=O) groups is 1. The summed E-state index contributed by atoms with van der Waals surface area (Å²) in [6.45, 7) is 2.05. The van der Waals surface area contributed by atoms with E-state index < -0.39 is 0 Å². The molecular weight excluding hydrogens is 172 g/mol. The molecule has 0 aromatic heterocycles. The van der Waals surface area contributed by atoms with E-state index in [1.165, 1.54) is 12.0 Å². The van der Waals surface area contributed by atoms with Gasteiger partial charge in [0.2, 0.25) is 0 Å². The lowest BCUT2D eigenvalue weighted by atomic mass is 9.78. The van der Waals surface area contributed by atoms with Gasteiger partial charge in [0.1, 0.15) is 5.78 Å². The quantitative estimate of drug-likeness (QED) is 0.661. The first-order valence-electron chi connectivity index (χ1n) is 5.37. The van der Waals surface area contributed by atoms with Crippen LogP contribution in [0.4, 0.5) is 0 Å². The summed E-state index contributed by atoms with van der Waals surface area (Å²) in [5.41, 5.74) is 1.20. The molecule has 0 N–H and O–H groups in total. The predicted octanol–water partition coefficient (Wildman–Crippen LogP) is 3.16. The molecule has 1 aromatic rings. The zero-order chi connectivity index (χ0) is 9.97. The maximum Gasteiger partial charge on any atom is 0.143 e. The fourth-order valence-corrected chi connectivity index (χ4v) is 2.27. The molecule has 1 heteroatoms. The Hall–Kier alpha value is -1.11. The molecule has 0 spiro atoms. The molecule has 0 bridgehead atoms. The molecule has 0 heterocycles. The van der Waals surface area contributed by atoms with E-state index in [-0.39, 0.29) is 11.8 Å². The van der Waals surface area contributed by atoms with Crippen molar-refractivity contribution in [1.29, 1.82) is 0 Å². The van der Waals surface area contributed by atoms with Crippen molar-refractivity contribution in [2.45, 2.75) is 32.1 Å². The summed E-state index contributed by atoms with van der Waals surface area (Å²) in [5, 5.41) is 0. The Morgan fingerprint density at radius 1 is 1.14 bits per heavy atom. The number of Topliss-reactive ketones (excluding diaryl/α,β-unsaturated/α-hetero) is 1. The Morgan fingerprint density at radius 3 is 2.57 bits per heavy atom. The monoisotopic (exact) mass is 188 g/mol. The van der Waals surface area contributed by atoms with E-state index in [0.717, 1.165) is 12.8 Å². The average Bonchev–Trinajstić information content (AvgIpc) is 2.23. The maximum absolute atomic E-state index is 11.9. The highest BCUT2D eigenvalue weighted by Crippen LogP contribution is 2.32. The van der Waals surface area contributed by atoms with Gasteiger partial charge in [0.05, 0.1) is 0 Å². The maximum atomic E-state index is 11.9. The van der Waals surface area contributed by atoms with Gasteiger partial charge in [-0.15, -0.1) is 0 Å². The van der Waals surface area contributed by atoms with Gasteiger partial charge in [0.25, 0.3) is 0 Å². The van der Waals surface area contributed by atoms with Crippen LogP contribution in [0.25, 0.3) is 0 Å². The van der Waals surface area contributed by atoms with Crippen LogP contribution in [0.15, 0.2) is 30.3 Å². The smallest absolute Gasteiger partial charge is 0.143 e. The SMILES string of the molecule is CC1CCCC(c2ccccc2)C1=O. The fourth-order valence-electron chi connectivity index (χ4n) is 2.27. The minimum absolute atomic E-state index is 0.167. The van der Waals surface area contributed by atoms with Crippen LogP contribution in [-0.4, -0.2) is 5.78 Å². The summed E-state index contributed by atoms with van der Waals surface area (Å²) in [6.07, 6.45) is 3.29. The molecule has 0 radical (unpaired) electrons. The molecule has 2 rings (SSSR count). The Bertz CT molecular complexity index is 315. The van der Waals surface area contributed by atoms with Gasteiger partial charge in [0.15, 0.2) is 0 Å². The van der Waals surface area contributed by atoms with Gasteiger partial charge in [-0.1, -0.05) is 43.7 Å². The van der Waals surface area contributed by atoms with Gasteiger partial charge in [-0.3, -0.25) is 4.79 Å². The molecule has 14 heavy (non-hydrogen) atoms. The van der Waals surface area contributed by atoms with Crippen molar-refractivity contribution in [2.75, 3.05) is 0 Å². The molecular formula is C13H16O. The third-order valence-electron chi connectivity index (χ3n) is 3.16. The highest BCUT2D eigenvalue weighted by atomic mass is 16.1. The summed E-state index contributed by atoms with van der Waals surface area (Å²) >= 11 is 0. The van der Waals surface area contributed by atoms with Crippen LogP contribution in [-0.2, 0) is 4.79 Å². The molecule has 1 fully saturated rings. The summed E-state index contributed by atoms with van der Waals surface area (Å²) in [4.78, 5) is 11.9. The van der Waals surface area contributed by atoms with E-state index in [2.05, 4.69) is 19.1 Å². The third kappa shape index (κ3) is 1.72. The summed E-state index contributed by atoms with van der Waals surface area (Å²) in [6, 6.07) is 10.2. The number of ketones is 1. The van der Waals surface area contributed by atoms with E-state index in [9.17, 15) is 4.79 Å². The molecule has 2 atom stereocenters. The topological polar surface area (TPSA) is 17.1 Å². The first-order valence-corrected chi connectivity index (χ1v) is 5.37. The Labute approximate surface area is 85.1 Å². The van der Waals surface area contributed by atoms with Gasteiger partial charge in [0, 0.05) is 11.8 Å². The lowest BCUT2D eigenvalue weighted by molar-refractivity contribution is -0.125. The van der Waals surface area contributed by atoms with Gasteiger partial charge in [-0.25, -0.2) is 0 Å². The molecule has 1 nitrogen and oxygen atoms in total. The number of hydrogen-bond acceptors (Lipinski definition) is 1. The normalized spacial score (nSPS) is 27.6. The van der Waals surface area contributed by atoms with Crippen molar-refractivity contribution in [1.82, 2.24) is 0 Å². The van der Waals surface area contributed by atoms with Crippen molar-refractivity contribution in [3.8, 4) is 0 Å². The van der Waals surface area contributed by atoms with Crippen LogP contribution in [0.5, 0.6) is 0 Å². The highest BCUT2D eigenvalue weighted by Gasteiger charge is 2.28. The average molecular weight is 188 g/mol. The van der Waals surface area contributed by atoms with Gasteiger partial charge >= 0.3 is 0 Å². The van der Waals surface area contributed by atoms with E-state index in [1.54, 1.807) is 0 Å². The van der Waals surface area contributed by atoms with Crippen LogP contribution < -0.4 is 0 Å². The van der Waals surface area contributed by atoms with Crippen LogP contribution in [0, 0.1) is 5.92 Å². The molecule has 2 unspecified atom stereocenters. The van der Waals surface area contributed by atoms with E-state index in [1.807, 2.05) is 18.2 Å². The molecule has 0 saturated heterocycles. The summed E-state index contributed by atoms with van der Waals surface area (Å²) in [5.74, 6) is 0.858. The second kappa shape index (κ2) is 3.95. The fraction of sp³-hybridized carbons (Fsp3) is 0.462. The highest BCUT2D eigenvalue weighted by molar-refractivity contribution is 5.88. The van der Waals surface area contributed by atoms with Crippen LogP contribution in [0.1, 0.15) is 37.7 Å². The van der Waals surface area contributed by atoms with Crippen LogP contribution >= 0.6 is 0 Å². The van der Waals surface area contributed by atoms with Gasteiger partial charge in [-0.2, -0.15) is 0 Å². The predicted molar refractivity (Wildman–Crippen MR) is 57.2 cm³/mol. The summed E-state index contributed by atoms with van der Waals surface area (Å²) < 4.78 is 0. The minimum Gasteiger partial charge on any atom is -0.299 e. The molecule has 1 aliphatic carbocycles. The number of rotatable bonds is 1. The van der Waals surface area contributed by atoms with Crippen LogP contribution in [0.2, 0.25) is 0 Å². The Balaban J connectivity index is 2.22. The first-order chi connectivity index (χ1) is 6.79. The van der Waals surface area contributed by atoms with Gasteiger partial charge in [-0.05, 0) is 18.4 Å². The number of carbonyl (C=O) groups excluding carboxylic acids is 1. The van der Waals surface area contributed by atoms with E-state index in [4.69, 9.17) is 0 Å². The second-order valence-corrected chi connectivity index (χ2v) is 4.20. The standard InChI is InChI=1S/C13H16O/c1-10-6-5-9-12(13(10)14)11-7-3-2-4-8-11/h2-4,7-8,10,12H,5-6,9H2,1H3. The number of benzene rings is 1. The van der Waals surface area contributed by atoms with Crippen molar-refractivity contribution >= 4 is 5.78 Å². The largest absolute Gasteiger partial charge is 0.299 e. The lowest BCUT2D eigenvalue weighted by Crippen LogP contribution is -2.24. The van der Waals surface area contributed by atoms with Crippen molar-refractivity contribution in [3.05, 3.63) is 35.9 Å². The van der Waals surface area contributed by atoms with Gasteiger partial charge < -0.3 is 0 Å². The zero-order valence-electron chi connectivity index (χ0n) is 8.57. The molecule has 0 aliphatic heterocycles. The second-order valence-electron chi connectivity index (χ2n) is 4.20. The Morgan fingerprint density at radius 2 is 1.86 bits per heavy atom. The zero-order valence-corrected chi connectivity index (χ0v) is 8.57. The van der Waals surface area contributed by atoms with E-state index >= 15 is 0 Å². The van der Waals surface area contributed by atoms with Crippen molar-refractivity contribution < 1.29 is 4.79 Å². The molecule has 0 amide bonds. The third-order valence-corrected chi connectivity index (χ3v) is 3.16. The lowest BCUT2D eigenvalue weighted by Gasteiger charge is -2.25. The van der Waals surface area contributed by atoms with E-state index in [0.29, 0.717) is 5.78 Å².